The van der Waals surface area contributed by atoms with Gasteiger partial charge in [-0.15, -0.1) is 11.8 Å². The fraction of sp³-hybridized carbons (Fsp3) is 0.211. The first-order chi connectivity index (χ1) is 11.6. The number of benzene rings is 2. The number of carboxylic acids is 1. The minimum atomic E-state index is -0.905. The second kappa shape index (κ2) is 5.98. The summed E-state index contributed by atoms with van der Waals surface area (Å²) in [7, 11) is 0. The molecule has 24 heavy (non-hydrogen) atoms. The van der Waals surface area contributed by atoms with Crippen LogP contribution in [-0.2, 0) is 24.2 Å². The molecular formula is C19H16FNO2S. The fourth-order valence-electron chi connectivity index (χ4n) is 3.33. The van der Waals surface area contributed by atoms with Gasteiger partial charge in [0.1, 0.15) is 12.4 Å². The first kappa shape index (κ1) is 15.3. The molecule has 0 saturated carbocycles. The number of fused-ring (bicyclic) bond motifs is 2. The second-order valence-electron chi connectivity index (χ2n) is 6.05. The molecule has 0 spiro atoms. The summed E-state index contributed by atoms with van der Waals surface area (Å²) in [5.74, 6) is -0.0819. The van der Waals surface area contributed by atoms with Gasteiger partial charge >= 0.3 is 5.97 Å². The number of aromatic nitrogens is 1. The summed E-state index contributed by atoms with van der Waals surface area (Å²) in [5, 5.41) is 9.87. The minimum Gasteiger partial charge on any atom is -0.480 e. The number of hydrogen-bond acceptors (Lipinski definition) is 2. The molecule has 3 nitrogen and oxygen atoms in total. The SMILES string of the molecule is O=C(O)Cn1cc(Cc2ccc3c(c2)CCS3)c2cc(F)ccc21. The summed E-state index contributed by atoms with van der Waals surface area (Å²) >= 11 is 1.88. The van der Waals surface area contributed by atoms with E-state index in [1.165, 1.54) is 28.2 Å². The average Bonchev–Trinajstić information content (AvgIpc) is 3.12. The third-order valence-electron chi connectivity index (χ3n) is 4.38. The Hall–Kier alpha value is -2.27. The Kier molecular flexibility index (Phi) is 3.81. The zero-order valence-electron chi connectivity index (χ0n) is 13.0. The van der Waals surface area contributed by atoms with Gasteiger partial charge in [-0.3, -0.25) is 4.79 Å². The van der Waals surface area contributed by atoms with Gasteiger partial charge in [0, 0.05) is 27.7 Å². The molecule has 0 bridgehead atoms. The highest BCUT2D eigenvalue weighted by molar-refractivity contribution is 7.99. The summed E-state index contributed by atoms with van der Waals surface area (Å²) in [6.45, 7) is -0.122. The quantitative estimate of drug-likeness (QED) is 0.777. The molecular weight excluding hydrogens is 325 g/mol. The van der Waals surface area contributed by atoms with Gasteiger partial charge in [0.05, 0.1) is 0 Å². The Labute approximate surface area is 143 Å². The van der Waals surface area contributed by atoms with Crippen LogP contribution in [-0.4, -0.2) is 21.4 Å². The molecule has 1 aromatic heterocycles. The lowest BCUT2D eigenvalue weighted by Gasteiger charge is -2.04. The topological polar surface area (TPSA) is 42.2 Å². The Morgan fingerprint density at radius 3 is 2.96 bits per heavy atom. The molecule has 2 heterocycles. The van der Waals surface area contributed by atoms with Gasteiger partial charge in [0.25, 0.3) is 0 Å². The van der Waals surface area contributed by atoms with Crippen molar-refractivity contribution in [3.8, 4) is 0 Å². The molecule has 0 unspecified atom stereocenters. The standard InChI is InChI=1S/C19H16FNO2S/c20-15-2-3-17-16(9-15)14(10-21(17)11-19(22)23)8-12-1-4-18-13(7-12)5-6-24-18/h1-4,7,9-10H,5-6,8,11H2,(H,22,23). The smallest absolute Gasteiger partial charge is 0.323 e. The Morgan fingerprint density at radius 2 is 2.12 bits per heavy atom. The second-order valence-corrected chi connectivity index (χ2v) is 7.19. The van der Waals surface area contributed by atoms with Gasteiger partial charge in [-0.2, -0.15) is 0 Å². The average molecular weight is 341 g/mol. The number of halogens is 1. The van der Waals surface area contributed by atoms with Gasteiger partial charge < -0.3 is 9.67 Å². The number of aryl methyl sites for hydroxylation is 1. The normalized spacial score (nSPS) is 13.4. The van der Waals surface area contributed by atoms with E-state index in [-0.39, 0.29) is 12.4 Å². The monoisotopic (exact) mass is 341 g/mol. The minimum absolute atomic E-state index is 0.122. The number of carboxylic acid groups (broad SMARTS) is 1. The molecule has 1 N–H and O–H groups in total. The Bertz CT molecular complexity index is 948. The lowest BCUT2D eigenvalue weighted by Crippen LogP contribution is -2.07. The van der Waals surface area contributed by atoms with Crippen LogP contribution < -0.4 is 0 Å². The zero-order valence-corrected chi connectivity index (χ0v) is 13.8. The maximum absolute atomic E-state index is 13.7. The van der Waals surface area contributed by atoms with Crippen molar-refractivity contribution in [3.05, 3.63) is 65.1 Å². The molecule has 4 rings (SSSR count). The summed E-state index contributed by atoms with van der Waals surface area (Å²) in [6, 6.07) is 11.0. The lowest BCUT2D eigenvalue weighted by molar-refractivity contribution is -0.137. The van der Waals surface area contributed by atoms with E-state index >= 15 is 0 Å². The Balaban J connectivity index is 1.75. The number of hydrogen-bond donors (Lipinski definition) is 1. The number of carbonyl (C=O) groups is 1. The van der Waals surface area contributed by atoms with Gasteiger partial charge in [-0.25, -0.2) is 4.39 Å². The van der Waals surface area contributed by atoms with Crippen LogP contribution in [0.2, 0.25) is 0 Å². The maximum atomic E-state index is 13.7. The van der Waals surface area contributed by atoms with Crippen molar-refractivity contribution >= 4 is 28.6 Å². The fourth-order valence-corrected chi connectivity index (χ4v) is 4.38. The van der Waals surface area contributed by atoms with Crippen LogP contribution in [0.1, 0.15) is 16.7 Å². The van der Waals surface area contributed by atoms with E-state index in [4.69, 9.17) is 5.11 Å². The molecule has 1 aliphatic heterocycles. The zero-order chi connectivity index (χ0) is 16.7. The van der Waals surface area contributed by atoms with Crippen LogP contribution in [0.25, 0.3) is 10.9 Å². The van der Waals surface area contributed by atoms with E-state index in [1.807, 2.05) is 18.0 Å². The van der Waals surface area contributed by atoms with Crippen LogP contribution >= 0.6 is 11.8 Å². The van der Waals surface area contributed by atoms with Crippen LogP contribution in [0.4, 0.5) is 4.39 Å². The summed E-state index contributed by atoms with van der Waals surface area (Å²) in [6.07, 6.45) is 3.59. The molecule has 122 valence electrons. The molecule has 0 fully saturated rings. The lowest BCUT2D eigenvalue weighted by atomic mass is 10.0. The highest BCUT2D eigenvalue weighted by atomic mass is 32.2. The van der Waals surface area contributed by atoms with Crippen molar-refractivity contribution in [1.29, 1.82) is 0 Å². The first-order valence-corrected chi connectivity index (χ1v) is 8.82. The molecule has 0 aliphatic carbocycles. The van der Waals surface area contributed by atoms with Gasteiger partial charge in [-0.1, -0.05) is 12.1 Å². The van der Waals surface area contributed by atoms with Crippen molar-refractivity contribution in [1.82, 2.24) is 4.57 Å². The van der Waals surface area contributed by atoms with Crippen molar-refractivity contribution in [2.45, 2.75) is 24.3 Å². The predicted molar refractivity (Wildman–Crippen MR) is 93.2 cm³/mol. The molecule has 0 amide bonds. The van der Waals surface area contributed by atoms with Crippen LogP contribution in [0.5, 0.6) is 0 Å². The van der Waals surface area contributed by atoms with Crippen LogP contribution in [0.15, 0.2) is 47.5 Å². The molecule has 5 heteroatoms. The molecule has 2 aromatic carbocycles. The third kappa shape index (κ3) is 2.80. The summed E-state index contributed by atoms with van der Waals surface area (Å²) < 4.78 is 15.4. The van der Waals surface area contributed by atoms with E-state index in [1.54, 1.807) is 10.6 Å². The summed E-state index contributed by atoms with van der Waals surface area (Å²) in [5.41, 5.74) is 4.26. The molecule has 0 atom stereocenters. The molecule has 3 aromatic rings. The van der Waals surface area contributed by atoms with Gasteiger partial charge in [0.2, 0.25) is 0 Å². The first-order valence-electron chi connectivity index (χ1n) is 7.84. The Morgan fingerprint density at radius 1 is 1.25 bits per heavy atom. The van der Waals surface area contributed by atoms with E-state index in [9.17, 15) is 9.18 Å². The van der Waals surface area contributed by atoms with Crippen LogP contribution in [0.3, 0.4) is 0 Å². The number of thioether (sulfide) groups is 1. The van der Waals surface area contributed by atoms with Gasteiger partial charge in [0.15, 0.2) is 0 Å². The van der Waals surface area contributed by atoms with E-state index in [0.29, 0.717) is 6.42 Å². The largest absolute Gasteiger partial charge is 0.480 e. The van der Waals surface area contributed by atoms with Crippen molar-refractivity contribution in [3.63, 3.8) is 0 Å². The van der Waals surface area contributed by atoms with Crippen molar-refractivity contribution in [2.75, 3.05) is 5.75 Å². The van der Waals surface area contributed by atoms with E-state index < -0.39 is 5.97 Å². The number of rotatable bonds is 4. The highest BCUT2D eigenvalue weighted by Gasteiger charge is 2.15. The predicted octanol–water partition coefficient (Wildman–Crippen LogP) is 4.10. The molecule has 0 saturated heterocycles. The highest BCUT2D eigenvalue weighted by Crippen LogP contribution is 2.33. The number of aliphatic carboxylic acids is 1. The van der Waals surface area contributed by atoms with Crippen molar-refractivity contribution in [2.24, 2.45) is 0 Å². The van der Waals surface area contributed by atoms with Crippen molar-refractivity contribution < 1.29 is 14.3 Å². The van der Waals surface area contributed by atoms with Gasteiger partial charge in [-0.05, 0) is 53.8 Å². The third-order valence-corrected chi connectivity index (χ3v) is 5.50. The van der Waals surface area contributed by atoms with E-state index in [0.717, 1.165) is 28.6 Å². The van der Waals surface area contributed by atoms with E-state index in [2.05, 4.69) is 18.2 Å². The summed E-state index contributed by atoms with van der Waals surface area (Å²) in [4.78, 5) is 12.4. The molecule has 0 radical (unpaired) electrons. The number of nitrogens with zero attached hydrogens (tertiary/aromatic N) is 1. The van der Waals surface area contributed by atoms with Crippen LogP contribution in [0, 0.1) is 5.82 Å². The molecule has 1 aliphatic rings. The maximum Gasteiger partial charge on any atom is 0.323 e.